The van der Waals surface area contributed by atoms with Crippen molar-refractivity contribution in [2.45, 2.75) is 50.5 Å². The number of halogens is 1. The largest absolute Gasteiger partial charge is 0.398 e. The Morgan fingerprint density at radius 2 is 2.05 bits per heavy atom. The highest BCUT2D eigenvalue weighted by Crippen LogP contribution is 2.36. The monoisotopic (exact) mass is 300 g/mol. The van der Waals surface area contributed by atoms with Crippen molar-refractivity contribution < 1.29 is 12.8 Å². The van der Waals surface area contributed by atoms with Crippen molar-refractivity contribution in [1.29, 1.82) is 0 Å². The van der Waals surface area contributed by atoms with Crippen LogP contribution in [0.2, 0.25) is 0 Å². The van der Waals surface area contributed by atoms with Gasteiger partial charge in [0.2, 0.25) is 10.0 Å². The van der Waals surface area contributed by atoms with Crippen LogP contribution in [0.25, 0.3) is 0 Å². The van der Waals surface area contributed by atoms with Crippen LogP contribution in [0.15, 0.2) is 23.1 Å². The first-order valence-electron chi connectivity index (χ1n) is 6.80. The summed E-state index contributed by atoms with van der Waals surface area (Å²) in [5.74, 6) is -0.609. The SMILES string of the molecule is CC1(C)CCCCC1NS(=O)(=O)c1cc(F)ccc1N. The van der Waals surface area contributed by atoms with E-state index in [0.29, 0.717) is 0 Å². The Bertz CT molecular complexity index is 599. The van der Waals surface area contributed by atoms with Crippen LogP contribution in [-0.4, -0.2) is 14.5 Å². The van der Waals surface area contributed by atoms with E-state index < -0.39 is 15.8 Å². The minimum Gasteiger partial charge on any atom is -0.398 e. The van der Waals surface area contributed by atoms with Crippen LogP contribution < -0.4 is 10.5 Å². The number of anilines is 1. The summed E-state index contributed by atoms with van der Waals surface area (Å²) in [5.41, 5.74) is 5.62. The van der Waals surface area contributed by atoms with Gasteiger partial charge in [-0.3, -0.25) is 0 Å². The standard InChI is InChI=1S/C14H21FN2O2S/c1-14(2)8-4-3-5-13(14)17-20(18,19)12-9-10(15)6-7-11(12)16/h6-7,9,13,17H,3-5,8,16H2,1-2H3. The van der Waals surface area contributed by atoms with Crippen LogP contribution in [-0.2, 0) is 10.0 Å². The molecule has 112 valence electrons. The van der Waals surface area contributed by atoms with Crippen molar-refractivity contribution in [3.8, 4) is 0 Å². The van der Waals surface area contributed by atoms with Crippen molar-refractivity contribution >= 4 is 15.7 Å². The predicted molar refractivity (Wildman–Crippen MR) is 77.2 cm³/mol. The Morgan fingerprint density at radius 3 is 2.70 bits per heavy atom. The normalized spacial score (nSPS) is 22.6. The first-order valence-corrected chi connectivity index (χ1v) is 8.28. The van der Waals surface area contributed by atoms with E-state index in [4.69, 9.17) is 5.73 Å². The molecule has 0 bridgehead atoms. The molecule has 0 amide bonds. The smallest absolute Gasteiger partial charge is 0.242 e. The summed E-state index contributed by atoms with van der Waals surface area (Å²) in [6.07, 6.45) is 3.86. The summed E-state index contributed by atoms with van der Waals surface area (Å²) < 4.78 is 40.8. The first kappa shape index (κ1) is 15.3. The van der Waals surface area contributed by atoms with Gasteiger partial charge in [0.25, 0.3) is 0 Å². The zero-order chi connectivity index (χ0) is 15.0. The van der Waals surface area contributed by atoms with Crippen molar-refractivity contribution in [2.24, 2.45) is 5.41 Å². The molecule has 1 aliphatic carbocycles. The van der Waals surface area contributed by atoms with Crippen molar-refractivity contribution in [3.05, 3.63) is 24.0 Å². The molecule has 0 spiro atoms. The molecule has 1 saturated carbocycles. The second-order valence-corrected chi connectivity index (χ2v) is 7.77. The van der Waals surface area contributed by atoms with Crippen LogP contribution in [0.1, 0.15) is 39.5 Å². The maximum Gasteiger partial charge on any atom is 0.242 e. The summed E-state index contributed by atoms with van der Waals surface area (Å²) >= 11 is 0. The molecule has 1 aromatic rings. The van der Waals surface area contributed by atoms with Crippen LogP contribution in [0.5, 0.6) is 0 Å². The predicted octanol–water partition coefficient (Wildman–Crippen LogP) is 2.66. The van der Waals surface area contributed by atoms with Gasteiger partial charge in [0.1, 0.15) is 10.7 Å². The lowest BCUT2D eigenvalue weighted by atomic mass is 9.74. The topological polar surface area (TPSA) is 72.2 Å². The van der Waals surface area contributed by atoms with E-state index in [1.807, 2.05) is 13.8 Å². The van der Waals surface area contributed by atoms with E-state index in [1.54, 1.807) is 0 Å². The summed E-state index contributed by atoms with van der Waals surface area (Å²) in [7, 11) is -3.80. The molecular formula is C14H21FN2O2S. The third kappa shape index (κ3) is 3.12. The fourth-order valence-corrected chi connectivity index (χ4v) is 4.29. The van der Waals surface area contributed by atoms with Gasteiger partial charge in [-0.2, -0.15) is 0 Å². The van der Waals surface area contributed by atoms with Gasteiger partial charge in [-0.05, 0) is 36.5 Å². The van der Waals surface area contributed by atoms with E-state index in [0.717, 1.165) is 37.8 Å². The molecule has 0 aromatic heterocycles. The maximum absolute atomic E-state index is 13.3. The third-order valence-electron chi connectivity index (χ3n) is 4.07. The molecule has 6 heteroatoms. The Morgan fingerprint density at radius 1 is 1.35 bits per heavy atom. The molecule has 1 unspecified atom stereocenters. The van der Waals surface area contributed by atoms with Crippen molar-refractivity contribution in [3.63, 3.8) is 0 Å². The maximum atomic E-state index is 13.3. The van der Waals surface area contributed by atoms with Crippen LogP contribution >= 0.6 is 0 Å². The van der Waals surface area contributed by atoms with Gasteiger partial charge in [0.15, 0.2) is 0 Å². The van der Waals surface area contributed by atoms with Gasteiger partial charge in [0.05, 0.1) is 5.69 Å². The van der Waals surface area contributed by atoms with E-state index in [-0.39, 0.29) is 22.0 Å². The van der Waals surface area contributed by atoms with Crippen LogP contribution in [0, 0.1) is 11.2 Å². The molecule has 0 aliphatic heterocycles. The van der Waals surface area contributed by atoms with Crippen molar-refractivity contribution in [2.75, 3.05) is 5.73 Å². The summed E-state index contributed by atoms with van der Waals surface area (Å²) in [6.45, 7) is 4.10. The first-order chi connectivity index (χ1) is 9.22. The Balaban J connectivity index is 2.29. The van der Waals surface area contributed by atoms with Crippen LogP contribution in [0.4, 0.5) is 10.1 Å². The lowest BCUT2D eigenvalue weighted by Gasteiger charge is -2.38. The molecule has 4 nitrogen and oxygen atoms in total. The number of hydrogen-bond acceptors (Lipinski definition) is 3. The lowest BCUT2D eigenvalue weighted by molar-refractivity contribution is 0.188. The average Bonchev–Trinajstić information content (AvgIpc) is 2.34. The second-order valence-electron chi connectivity index (χ2n) is 6.09. The molecule has 0 radical (unpaired) electrons. The summed E-state index contributed by atoms with van der Waals surface area (Å²) in [6, 6.07) is 3.24. The molecule has 2 rings (SSSR count). The minimum absolute atomic E-state index is 0.0625. The van der Waals surface area contributed by atoms with Gasteiger partial charge in [-0.25, -0.2) is 17.5 Å². The third-order valence-corrected chi connectivity index (χ3v) is 5.60. The van der Waals surface area contributed by atoms with Gasteiger partial charge in [-0.1, -0.05) is 26.7 Å². The van der Waals surface area contributed by atoms with Crippen molar-refractivity contribution in [1.82, 2.24) is 4.72 Å². The highest BCUT2D eigenvalue weighted by Gasteiger charge is 2.35. The fourth-order valence-electron chi connectivity index (χ4n) is 2.70. The van der Waals surface area contributed by atoms with E-state index in [2.05, 4.69) is 4.72 Å². The summed E-state index contributed by atoms with van der Waals surface area (Å²) in [4.78, 5) is -0.182. The molecule has 1 aromatic carbocycles. The highest BCUT2D eigenvalue weighted by molar-refractivity contribution is 7.89. The Hall–Kier alpha value is -1.14. The number of rotatable bonds is 3. The van der Waals surface area contributed by atoms with E-state index in [9.17, 15) is 12.8 Å². The molecule has 0 heterocycles. The average molecular weight is 300 g/mol. The second kappa shape index (κ2) is 5.33. The fraction of sp³-hybridized carbons (Fsp3) is 0.571. The van der Waals surface area contributed by atoms with E-state index >= 15 is 0 Å². The van der Waals surface area contributed by atoms with Gasteiger partial charge in [-0.15, -0.1) is 0 Å². The molecule has 0 saturated heterocycles. The minimum atomic E-state index is -3.80. The number of nitrogen functional groups attached to an aromatic ring is 1. The quantitative estimate of drug-likeness (QED) is 0.843. The van der Waals surface area contributed by atoms with Gasteiger partial charge >= 0.3 is 0 Å². The zero-order valence-electron chi connectivity index (χ0n) is 11.8. The molecule has 3 N–H and O–H groups in total. The molecule has 1 fully saturated rings. The zero-order valence-corrected chi connectivity index (χ0v) is 12.6. The number of sulfonamides is 1. The number of benzene rings is 1. The number of hydrogen-bond donors (Lipinski definition) is 2. The molecule has 1 aliphatic rings. The number of nitrogens with two attached hydrogens (primary N) is 1. The molecule has 1 atom stereocenters. The Labute approximate surface area is 119 Å². The van der Waals surface area contributed by atoms with Gasteiger partial charge < -0.3 is 5.73 Å². The van der Waals surface area contributed by atoms with Crippen LogP contribution in [0.3, 0.4) is 0 Å². The highest BCUT2D eigenvalue weighted by atomic mass is 32.2. The lowest BCUT2D eigenvalue weighted by Crippen LogP contribution is -2.46. The molecule has 20 heavy (non-hydrogen) atoms. The molecular weight excluding hydrogens is 279 g/mol. The number of nitrogens with one attached hydrogen (secondary N) is 1. The summed E-state index contributed by atoms with van der Waals surface area (Å²) in [5, 5.41) is 0. The Kier molecular flexibility index (Phi) is 4.07. The van der Waals surface area contributed by atoms with E-state index in [1.165, 1.54) is 6.07 Å². The van der Waals surface area contributed by atoms with Gasteiger partial charge in [0, 0.05) is 6.04 Å².